The molecule has 4 heteroatoms. The summed E-state index contributed by atoms with van der Waals surface area (Å²) in [7, 11) is 0. The average molecular weight is 156 g/mol. The molecule has 4 nitrogen and oxygen atoms in total. The van der Waals surface area contributed by atoms with Crippen LogP contribution in [0.3, 0.4) is 0 Å². The van der Waals surface area contributed by atoms with Crippen LogP contribution in [0.1, 0.15) is 12.8 Å². The van der Waals surface area contributed by atoms with Crippen molar-refractivity contribution in [1.29, 1.82) is 0 Å². The van der Waals surface area contributed by atoms with Crippen LogP contribution in [0.5, 0.6) is 0 Å². The highest BCUT2D eigenvalue weighted by Crippen LogP contribution is 1.87. The fourth-order valence-electron chi connectivity index (χ4n) is 0.398. The number of hydrogen-bond acceptors (Lipinski definition) is 3. The van der Waals surface area contributed by atoms with Crippen molar-refractivity contribution in [3.63, 3.8) is 0 Å². The lowest BCUT2D eigenvalue weighted by Crippen LogP contribution is -2.10. The standard InChI is InChI=1S/C7H8O4/c1-2-3-4-11-7(10)5-6(8)9/h1H,3-5H2,(H,8,9). The minimum atomic E-state index is -1.20. The smallest absolute Gasteiger partial charge is 0.317 e. The lowest BCUT2D eigenvalue weighted by Gasteiger charge is -1.97. The van der Waals surface area contributed by atoms with Gasteiger partial charge < -0.3 is 9.84 Å². The molecule has 0 aliphatic rings. The molecule has 0 amide bonds. The van der Waals surface area contributed by atoms with E-state index in [4.69, 9.17) is 11.5 Å². The van der Waals surface area contributed by atoms with Gasteiger partial charge in [-0.05, 0) is 0 Å². The van der Waals surface area contributed by atoms with E-state index >= 15 is 0 Å². The van der Waals surface area contributed by atoms with Crippen LogP contribution >= 0.6 is 0 Å². The maximum Gasteiger partial charge on any atom is 0.317 e. The molecule has 0 bridgehead atoms. The molecule has 0 rings (SSSR count). The highest BCUT2D eigenvalue weighted by Gasteiger charge is 2.07. The van der Waals surface area contributed by atoms with Crippen molar-refractivity contribution in [2.45, 2.75) is 12.8 Å². The molecule has 1 N–H and O–H groups in total. The Morgan fingerprint density at radius 2 is 2.18 bits per heavy atom. The first kappa shape index (κ1) is 9.50. The first-order valence-corrected chi connectivity index (χ1v) is 2.97. The Kier molecular flexibility index (Phi) is 4.58. The summed E-state index contributed by atoms with van der Waals surface area (Å²) in [5.41, 5.74) is 0. The normalized spacial score (nSPS) is 8.27. The monoisotopic (exact) mass is 156 g/mol. The Labute approximate surface area is 64.2 Å². The Morgan fingerprint density at radius 1 is 1.55 bits per heavy atom. The van der Waals surface area contributed by atoms with Crippen molar-refractivity contribution in [2.75, 3.05) is 6.61 Å². The van der Waals surface area contributed by atoms with Crippen molar-refractivity contribution in [2.24, 2.45) is 0 Å². The number of aliphatic carboxylic acids is 1. The molecule has 0 aliphatic heterocycles. The van der Waals surface area contributed by atoms with E-state index in [1.54, 1.807) is 0 Å². The summed E-state index contributed by atoms with van der Waals surface area (Å²) in [6, 6.07) is 0. The molecule has 0 saturated heterocycles. The molecular weight excluding hydrogens is 148 g/mol. The Bertz CT molecular complexity index is 189. The molecular formula is C7H8O4. The zero-order chi connectivity index (χ0) is 8.69. The second-order valence-corrected chi connectivity index (χ2v) is 1.75. The van der Waals surface area contributed by atoms with Crippen LogP contribution < -0.4 is 0 Å². The Balaban J connectivity index is 3.39. The number of carbonyl (C=O) groups excluding carboxylic acids is 1. The van der Waals surface area contributed by atoms with Crippen LogP contribution in [0.15, 0.2) is 0 Å². The van der Waals surface area contributed by atoms with Gasteiger partial charge in [0.15, 0.2) is 0 Å². The number of esters is 1. The van der Waals surface area contributed by atoms with E-state index < -0.39 is 18.4 Å². The molecule has 0 aromatic heterocycles. The second kappa shape index (κ2) is 5.30. The highest BCUT2D eigenvalue weighted by atomic mass is 16.5. The van der Waals surface area contributed by atoms with Gasteiger partial charge in [-0.25, -0.2) is 0 Å². The molecule has 11 heavy (non-hydrogen) atoms. The van der Waals surface area contributed by atoms with Crippen molar-refractivity contribution >= 4 is 11.9 Å². The van der Waals surface area contributed by atoms with E-state index in [0.717, 1.165) is 0 Å². The van der Waals surface area contributed by atoms with Crippen LogP contribution in [0.2, 0.25) is 0 Å². The SMILES string of the molecule is C#CCCOC(=O)CC(=O)O. The van der Waals surface area contributed by atoms with Gasteiger partial charge in [-0.2, -0.15) is 0 Å². The quantitative estimate of drug-likeness (QED) is 0.270. The van der Waals surface area contributed by atoms with Gasteiger partial charge in [-0.3, -0.25) is 9.59 Å². The van der Waals surface area contributed by atoms with Gasteiger partial charge in [-0.15, -0.1) is 12.3 Å². The lowest BCUT2D eigenvalue weighted by atomic mass is 10.4. The van der Waals surface area contributed by atoms with Gasteiger partial charge in [0.25, 0.3) is 0 Å². The fraction of sp³-hybridized carbons (Fsp3) is 0.429. The maximum absolute atomic E-state index is 10.5. The van der Waals surface area contributed by atoms with Crippen molar-refractivity contribution in [1.82, 2.24) is 0 Å². The summed E-state index contributed by atoms with van der Waals surface area (Å²) < 4.78 is 4.43. The molecule has 60 valence electrons. The lowest BCUT2D eigenvalue weighted by molar-refractivity contribution is -0.151. The molecule has 0 atom stereocenters. The van der Waals surface area contributed by atoms with Crippen molar-refractivity contribution < 1.29 is 19.4 Å². The number of ether oxygens (including phenoxy) is 1. The van der Waals surface area contributed by atoms with Crippen LogP contribution in [0.4, 0.5) is 0 Å². The van der Waals surface area contributed by atoms with Crippen molar-refractivity contribution in [3.8, 4) is 12.3 Å². The third-order valence-corrected chi connectivity index (χ3v) is 0.805. The van der Waals surface area contributed by atoms with Crippen LogP contribution in [0.25, 0.3) is 0 Å². The third kappa shape index (κ3) is 6.38. The molecule has 0 radical (unpaired) electrons. The van der Waals surface area contributed by atoms with Crippen molar-refractivity contribution in [3.05, 3.63) is 0 Å². The zero-order valence-corrected chi connectivity index (χ0v) is 5.87. The largest absolute Gasteiger partial charge is 0.481 e. The molecule has 0 aromatic rings. The first-order chi connectivity index (χ1) is 5.16. The van der Waals surface area contributed by atoms with Gasteiger partial charge in [0.05, 0.1) is 0 Å². The highest BCUT2D eigenvalue weighted by molar-refractivity contribution is 5.90. The molecule has 0 spiro atoms. The number of hydrogen-bond donors (Lipinski definition) is 1. The molecule has 0 fully saturated rings. The van der Waals surface area contributed by atoms with Gasteiger partial charge >= 0.3 is 11.9 Å². The number of carboxylic acid groups (broad SMARTS) is 1. The van der Waals surface area contributed by atoms with E-state index in [9.17, 15) is 9.59 Å². The van der Waals surface area contributed by atoms with Crippen LogP contribution in [-0.2, 0) is 14.3 Å². The van der Waals surface area contributed by atoms with Gasteiger partial charge in [0.1, 0.15) is 13.0 Å². The number of carboxylic acids is 1. The predicted molar refractivity (Wildman–Crippen MR) is 36.7 cm³/mol. The average Bonchev–Trinajstić information content (AvgIpc) is 1.86. The predicted octanol–water partition coefficient (Wildman–Crippen LogP) is 0.0276. The topological polar surface area (TPSA) is 63.6 Å². The third-order valence-electron chi connectivity index (χ3n) is 0.805. The fourth-order valence-corrected chi connectivity index (χ4v) is 0.398. The van der Waals surface area contributed by atoms with Crippen LogP contribution in [-0.4, -0.2) is 23.7 Å². The van der Waals surface area contributed by atoms with E-state index in [1.807, 2.05) is 0 Å². The molecule has 0 aromatic carbocycles. The maximum atomic E-state index is 10.5. The zero-order valence-electron chi connectivity index (χ0n) is 5.87. The van der Waals surface area contributed by atoms with Crippen LogP contribution in [0, 0.1) is 12.3 Å². The molecule has 0 saturated carbocycles. The first-order valence-electron chi connectivity index (χ1n) is 2.97. The summed E-state index contributed by atoms with van der Waals surface area (Å²) >= 11 is 0. The van der Waals surface area contributed by atoms with E-state index in [-0.39, 0.29) is 6.61 Å². The molecule has 0 aliphatic carbocycles. The van der Waals surface area contributed by atoms with Gasteiger partial charge in [0.2, 0.25) is 0 Å². The minimum absolute atomic E-state index is 0.0859. The summed E-state index contributed by atoms with van der Waals surface area (Å²) in [6.07, 6.45) is 4.56. The Morgan fingerprint density at radius 3 is 2.64 bits per heavy atom. The molecule has 0 unspecified atom stereocenters. The Hall–Kier alpha value is -1.50. The number of rotatable bonds is 4. The van der Waals surface area contributed by atoms with E-state index in [1.165, 1.54) is 0 Å². The number of terminal acetylenes is 1. The van der Waals surface area contributed by atoms with Gasteiger partial charge in [-0.1, -0.05) is 0 Å². The second-order valence-electron chi connectivity index (χ2n) is 1.75. The minimum Gasteiger partial charge on any atom is -0.481 e. The summed E-state index contributed by atoms with van der Waals surface area (Å²) in [4.78, 5) is 20.4. The summed E-state index contributed by atoms with van der Waals surface area (Å²) in [6.45, 7) is 0.0859. The number of carbonyl (C=O) groups is 2. The molecule has 0 heterocycles. The van der Waals surface area contributed by atoms with Gasteiger partial charge in [0, 0.05) is 6.42 Å². The summed E-state index contributed by atoms with van der Waals surface area (Å²) in [5.74, 6) is 0.297. The summed E-state index contributed by atoms with van der Waals surface area (Å²) in [5, 5.41) is 8.10. The van der Waals surface area contributed by atoms with E-state index in [2.05, 4.69) is 10.7 Å². The van der Waals surface area contributed by atoms with E-state index in [0.29, 0.717) is 6.42 Å².